The maximum Gasteiger partial charge on any atom is 0.387 e. The van der Waals surface area contributed by atoms with Crippen molar-refractivity contribution in [1.29, 1.82) is 0 Å². The summed E-state index contributed by atoms with van der Waals surface area (Å²) >= 11 is 0. The number of aromatic nitrogens is 1. The van der Waals surface area contributed by atoms with Crippen LogP contribution in [0.2, 0.25) is 0 Å². The largest absolute Gasteiger partial charge is 0.434 e. The van der Waals surface area contributed by atoms with Crippen LogP contribution in [0.3, 0.4) is 0 Å². The van der Waals surface area contributed by atoms with Crippen molar-refractivity contribution in [3.63, 3.8) is 0 Å². The number of hydrogen-bond donors (Lipinski definition) is 2. The minimum atomic E-state index is -3.02. The lowest BCUT2D eigenvalue weighted by atomic mass is 10.0. The molecule has 0 aliphatic carbocycles. The van der Waals surface area contributed by atoms with E-state index in [9.17, 15) is 13.2 Å². The number of likely N-dealkylation sites (tertiary alicyclic amines) is 1. The van der Waals surface area contributed by atoms with E-state index in [4.69, 9.17) is 0 Å². The van der Waals surface area contributed by atoms with Crippen LogP contribution in [0.1, 0.15) is 31.0 Å². The van der Waals surface area contributed by atoms with E-state index < -0.39 is 12.4 Å². The predicted octanol–water partition coefficient (Wildman–Crippen LogP) is 3.54. The summed E-state index contributed by atoms with van der Waals surface area (Å²) in [6.45, 7) is 2.10. The summed E-state index contributed by atoms with van der Waals surface area (Å²) in [4.78, 5) is 11.1. The molecule has 1 saturated heterocycles. The molecule has 0 spiro atoms. The zero-order valence-electron chi connectivity index (χ0n) is 17.5. The highest BCUT2D eigenvalue weighted by Crippen LogP contribution is 2.24. The Labute approximate surface area is 180 Å². The second-order valence-corrected chi connectivity index (χ2v) is 7.31. The van der Waals surface area contributed by atoms with Gasteiger partial charge in [-0.05, 0) is 44.0 Å². The minimum absolute atomic E-state index is 0.00480. The Kier molecular flexibility index (Phi) is 8.52. The van der Waals surface area contributed by atoms with Gasteiger partial charge in [0, 0.05) is 38.4 Å². The van der Waals surface area contributed by atoms with Gasteiger partial charge in [0.15, 0.2) is 5.96 Å². The molecule has 1 aliphatic heterocycles. The van der Waals surface area contributed by atoms with Crippen LogP contribution in [0.4, 0.5) is 13.2 Å². The van der Waals surface area contributed by atoms with Gasteiger partial charge in [0.1, 0.15) is 11.6 Å². The minimum Gasteiger partial charge on any atom is -0.434 e. The Morgan fingerprint density at radius 1 is 1.23 bits per heavy atom. The second-order valence-electron chi connectivity index (χ2n) is 7.31. The molecule has 1 aromatic heterocycles. The Hall–Kier alpha value is -2.81. The molecule has 3 rings (SSSR count). The number of nitrogens with one attached hydrogen (secondary N) is 2. The lowest BCUT2D eigenvalue weighted by Gasteiger charge is -2.32. The van der Waals surface area contributed by atoms with Gasteiger partial charge >= 0.3 is 6.61 Å². The molecule has 31 heavy (non-hydrogen) atoms. The fourth-order valence-corrected chi connectivity index (χ4v) is 3.53. The smallest absolute Gasteiger partial charge is 0.387 e. The number of guanidine groups is 1. The zero-order valence-corrected chi connectivity index (χ0v) is 17.5. The standard InChI is InChI=1S/C22H28F3N5O/c1-2-26-22(28-14-18-19(23)7-5-8-20(18)31-21(24)25)29-16-9-12-30(13-10-16)15-17-6-3-4-11-27-17/h3-8,11,16,21H,2,9-10,12-15H2,1H3,(H2,26,28,29). The topological polar surface area (TPSA) is 61.8 Å². The molecule has 2 heterocycles. The average Bonchev–Trinajstić information content (AvgIpc) is 2.75. The quantitative estimate of drug-likeness (QED) is 0.491. The van der Waals surface area contributed by atoms with Crippen LogP contribution < -0.4 is 15.4 Å². The molecule has 6 nitrogen and oxygen atoms in total. The number of halogens is 3. The van der Waals surface area contributed by atoms with Gasteiger partial charge in [-0.2, -0.15) is 8.78 Å². The number of ether oxygens (including phenoxy) is 1. The van der Waals surface area contributed by atoms with E-state index in [1.54, 1.807) is 6.20 Å². The molecular weight excluding hydrogens is 407 g/mol. The predicted molar refractivity (Wildman–Crippen MR) is 114 cm³/mol. The first-order valence-electron chi connectivity index (χ1n) is 10.4. The maximum absolute atomic E-state index is 14.2. The fourth-order valence-electron chi connectivity index (χ4n) is 3.53. The first-order valence-corrected chi connectivity index (χ1v) is 10.4. The van der Waals surface area contributed by atoms with Crippen molar-refractivity contribution in [3.05, 3.63) is 59.7 Å². The van der Waals surface area contributed by atoms with Crippen LogP contribution in [0, 0.1) is 5.82 Å². The van der Waals surface area contributed by atoms with Crippen LogP contribution in [-0.2, 0) is 13.1 Å². The van der Waals surface area contributed by atoms with Gasteiger partial charge in [-0.25, -0.2) is 9.38 Å². The summed E-state index contributed by atoms with van der Waals surface area (Å²) in [6, 6.07) is 10.00. The molecule has 0 bridgehead atoms. The van der Waals surface area contributed by atoms with E-state index >= 15 is 0 Å². The Morgan fingerprint density at radius 2 is 2.03 bits per heavy atom. The van der Waals surface area contributed by atoms with E-state index in [-0.39, 0.29) is 23.9 Å². The van der Waals surface area contributed by atoms with Crippen LogP contribution in [-0.4, -0.2) is 48.1 Å². The van der Waals surface area contributed by atoms with E-state index in [1.165, 1.54) is 18.2 Å². The Morgan fingerprint density at radius 3 is 2.71 bits per heavy atom. The molecule has 2 N–H and O–H groups in total. The zero-order chi connectivity index (χ0) is 22.1. The molecule has 0 atom stereocenters. The van der Waals surface area contributed by atoms with Crippen molar-refractivity contribution in [2.45, 2.75) is 45.5 Å². The molecule has 1 aromatic carbocycles. The van der Waals surface area contributed by atoms with Gasteiger partial charge < -0.3 is 15.4 Å². The molecule has 1 fully saturated rings. The van der Waals surface area contributed by atoms with Gasteiger partial charge in [-0.1, -0.05) is 12.1 Å². The lowest BCUT2D eigenvalue weighted by molar-refractivity contribution is -0.0506. The fraction of sp³-hybridized carbons (Fsp3) is 0.455. The first-order chi connectivity index (χ1) is 15.0. The molecule has 2 aromatic rings. The Balaban J connectivity index is 1.57. The maximum atomic E-state index is 14.2. The van der Waals surface area contributed by atoms with Gasteiger partial charge in [0.05, 0.1) is 17.8 Å². The highest BCUT2D eigenvalue weighted by Gasteiger charge is 2.20. The van der Waals surface area contributed by atoms with Crippen molar-refractivity contribution in [3.8, 4) is 5.75 Å². The van der Waals surface area contributed by atoms with E-state index in [0.717, 1.165) is 38.2 Å². The molecule has 0 radical (unpaired) electrons. The van der Waals surface area contributed by atoms with Crippen molar-refractivity contribution >= 4 is 5.96 Å². The summed E-state index contributed by atoms with van der Waals surface area (Å²) in [7, 11) is 0. The highest BCUT2D eigenvalue weighted by atomic mass is 19.3. The average molecular weight is 435 g/mol. The monoisotopic (exact) mass is 435 g/mol. The number of alkyl halides is 2. The number of pyridine rings is 1. The van der Waals surface area contributed by atoms with Gasteiger partial charge in [0.2, 0.25) is 0 Å². The molecular formula is C22H28F3N5O. The summed E-state index contributed by atoms with van der Waals surface area (Å²) in [5.74, 6) is -0.296. The third kappa shape index (κ3) is 7.13. The van der Waals surface area contributed by atoms with Crippen LogP contribution in [0.5, 0.6) is 5.75 Å². The van der Waals surface area contributed by atoms with Crippen molar-refractivity contribution in [2.24, 2.45) is 4.99 Å². The molecule has 0 unspecified atom stereocenters. The number of aliphatic imine (C=N–C) groups is 1. The molecule has 0 amide bonds. The summed E-state index contributed by atoms with van der Waals surface area (Å²) < 4.78 is 43.8. The molecule has 9 heteroatoms. The second kappa shape index (κ2) is 11.5. The van der Waals surface area contributed by atoms with E-state index in [0.29, 0.717) is 12.5 Å². The first kappa shape index (κ1) is 22.9. The van der Waals surface area contributed by atoms with E-state index in [1.807, 2.05) is 25.1 Å². The van der Waals surface area contributed by atoms with Crippen LogP contribution in [0.15, 0.2) is 47.6 Å². The molecule has 1 aliphatic rings. The number of nitrogens with zero attached hydrogens (tertiary/aromatic N) is 3. The normalized spacial score (nSPS) is 15.8. The number of rotatable bonds is 8. The summed E-state index contributed by atoms with van der Waals surface area (Å²) in [5, 5.41) is 6.51. The van der Waals surface area contributed by atoms with Gasteiger partial charge in [-0.15, -0.1) is 0 Å². The van der Waals surface area contributed by atoms with Gasteiger partial charge in [-0.3, -0.25) is 9.88 Å². The third-order valence-corrected chi connectivity index (χ3v) is 5.07. The number of benzene rings is 1. The van der Waals surface area contributed by atoms with Crippen molar-refractivity contribution < 1.29 is 17.9 Å². The van der Waals surface area contributed by atoms with Crippen molar-refractivity contribution in [2.75, 3.05) is 19.6 Å². The summed E-state index contributed by atoms with van der Waals surface area (Å²) in [5.41, 5.74) is 1.06. The lowest BCUT2D eigenvalue weighted by Crippen LogP contribution is -2.48. The van der Waals surface area contributed by atoms with E-state index in [2.05, 4.69) is 30.2 Å². The Bertz CT molecular complexity index is 842. The van der Waals surface area contributed by atoms with Crippen molar-refractivity contribution in [1.82, 2.24) is 20.5 Å². The number of hydrogen-bond acceptors (Lipinski definition) is 4. The number of piperidine rings is 1. The highest BCUT2D eigenvalue weighted by molar-refractivity contribution is 5.80. The third-order valence-electron chi connectivity index (χ3n) is 5.07. The van der Waals surface area contributed by atoms with Crippen LogP contribution in [0.25, 0.3) is 0 Å². The SMILES string of the molecule is CCNC(=NCc1c(F)cccc1OC(F)F)NC1CCN(Cc2ccccn2)CC1. The van der Waals surface area contributed by atoms with Gasteiger partial charge in [0.25, 0.3) is 0 Å². The summed E-state index contributed by atoms with van der Waals surface area (Å²) in [6.07, 6.45) is 3.66. The molecule has 0 saturated carbocycles. The molecule has 168 valence electrons. The van der Waals surface area contributed by atoms with Crippen LogP contribution >= 0.6 is 0 Å².